The largest absolute Gasteiger partial charge is 0.309 e. The lowest BCUT2D eigenvalue weighted by Crippen LogP contribution is -2.16. The molecule has 0 saturated heterocycles. The van der Waals surface area contributed by atoms with Crippen LogP contribution in [0, 0.1) is 0 Å². The fourth-order valence-corrected chi connectivity index (χ4v) is 4.52. The highest BCUT2D eigenvalue weighted by Gasteiger charge is 2.20. The summed E-state index contributed by atoms with van der Waals surface area (Å²) < 4.78 is 0. The van der Waals surface area contributed by atoms with E-state index in [9.17, 15) is 0 Å². The van der Waals surface area contributed by atoms with Crippen molar-refractivity contribution in [1.29, 1.82) is 0 Å². The second-order valence-electron chi connectivity index (χ2n) is 5.20. The number of hydrogen-bond donors (Lipinski definition) is 1. The first-order valence-corrected chi connectivity index (χ1v) is 8.50. The third-order valence-corrected chi connectivity index (χ3v) is 5.91. The lowest BCUT2D eigenvalue weighted by Gasteiger charge is -2.15. The zero-order chi connectivity index (χ0) is 14.1. The fraction of sp³-hybridized carbons (Fsp3) is 0.375. The molecule has 1 aromatic carbocycles. The molecule has 20 heavy (non-hydrogen) atoms. The standard InChI is InChI=1S/C16H17Cl2NS/c1-19-16(11-6-7-12(17)13(18)8-11)15-9-10-4-2-3-5-14(10)20-15/h6-9,16,19H,2-5H2,1H3. The van der Waals surface area contributed by atoms with Gasteiger partial charge in [0.05, 0.1) is 16.1 Å². The van der Waals surface area contributed by atoms with Gasteiger partial charge in [0, 0.05) is 9.75 Å². The summed E-state index contributed by atoms with van der Waals surface area (Å²) in [5.41, 5.74) is 2.71. The molecule has 2 aromatic rings. The van der Waals surface area contributed by atoms with E-state index in [-0.39, 0.29) is 6.04 Å². The number of aryl methyl sites for hydroxylation is 2. The second kappa shape index (κ2) is 6.07. The Hall–Kier alpha value is -0.540. The predicted octanol–water partition coefficient (Wildman–Crippen LogP) is 5.24. The maximum absolute atomic E-state index is 6.15. The maximum Gasteiger partial charge on any atom is 0.0669 e. The molecule has 1 nitrogen and oxygen atoms in total. The van der Waals surface area contributed by atoms with Gasteiger partial charge < -0.3 is 5.32 Å². The van der Waals surface area contributed by atoms with Crippen LogP contribution in [0.15, 0.2) is 24.3 Å². The van der Waals surface area contributed by atoms with Crippen LogP contribution in [0.1, 0.15) is 39.8 Å². The first-order chi connectivity index (χ1) is 9.69. The predicted molar refractivity (Wildman–Crippen MR) is 88.3 cm³/mol. The first-order valence-electron chi connectivity index (χ1n) is 6.92. The number of rotatable bonds is 3. The van der Waals surface area contributed by atoms with Crippen molar-refractivity contribution in [3.8, 4) is 0 Å². The molecule has 1 unspecified atom stereocenters. The van der Waals surface area contributed by atoms with Crippen LogP contribution in [0.2, 0.25) is 10.0 Å². The SMILES string of the molecule is CNC(c1ccc(Cl)c(Cl)c1)c1cc2c(s1)CCCC2. The Bertz CT molecular complexity index is 597. The molecule has 1 atom stereocenters. The number of hydrogen-bond acceptors (Lipinski definition) is 2. The van der Waals surface area contributed by atoms with Crippen LogP contribution >= 0.6 is 34.5 Å². The Kier molecular flexibility index (Phi) is 4.37. The lowest BCUT2D eigenvalue weighted by atomic mass is 9.98. The van der Waals surface area contributed by atoms with Crippen molar-refractivity contribution in [3.05, 3.63) is 55.2 Å². The van der Waals surface area contributed by atoms with Gasteiger partial charge in [-0.2, -0.15) is 0 Å². The van der Waals surface area contributed by atoms with E-state index >= 15 is 0 Å². The van der Waals surface area contributed by atoms with Gasteiger partial charge in [-0.1, -0.05) is 29.3 Å². The molecule has 0 aliphatic heterocycles. The van der Waals surface area contributed by atoms with Crippen molar-refractivity contribution in [2.75, 3.05) is 7.05 Å². The van der Waals surface area contributed by atoms with Gasteiger partial charge in [0.1, 0.15) is 0 Å². The van der Waals surface area contributed by atoms with E-state index in [4.69, 9.17) is 23.2 Å². The van der Waals surface area contributed by atoms with E-state index in [1.165, 1.54) is 41.7 Å². The van der Waals surface area contributed by atoms with Gasteiger partial charge >= 0.3 is 0 Å². The summed E-state index contributed by atoms with van der Waals surface area (Å²) in [4.78, 5) is 2.93. The maximum atomic E-state index is 6.15. The van der Waals surface area contributed by atoms with Crippen molar-refractivity contribution in [1.82, 2.24) is 5.32 Å². The van der Waals surface area contributed by atoms with E-state index < -0.39 is 0 Å². The van der Waals surface area contributed by atoms with Crippen molar-refractivity contribution in [2.45, 2.75) is 31.7 Å². The summed E-state index contributed by atoms with van der Waals surface area (Å²) in [7, 11) is 1.99. The Morgan fingerprint density at radius 1 is 1.10 bits per heavy atom. The molecule has 1 N–H and O–H groups in total. The number of benzene rings is 1. The molecule has 0 radical (unpaired) electrons. The van der Waals surface area contributed by atoms with Crippen LogP contribution in [0.3, 0.4) is 0 Å². The molecule has 1 aliphatic carbocycles. The first kappa shape index (κ1) is 14.4. The Morgan fingerprint density at radius 2 is 1.90 bits per heavy atom. The second-order valence-corrected chi connectivity index (χ2v) is 7.18. The normalized spacial score (nSPS) is 15.9. The van der Waals surface area contributed by atoms with Crippen LogP contribution in [0.25, 0.3) is 0 Å². The number of thiophene rings is 1. The average molecular weight is 326 g/mol. The van der Waals surface area contributed by atoms with Gasteiger partial charge in [0.25, 0.3) is 0 Å². The van der Waals surface area contributed by atoms with Crippen LogP contribution in [-0.2, 0) is 12.8 Å². The molecule has 4 heteroatoms. The average Bonchev–Trinajstić information content (AvgIpc) is 2.87. The van der Waals surface area contributed by atoms with Crippen molar-refractivity contribution in [3.63, 3.8) is 0 Å². The van der Waals surface area contributed by atoms with Crippen LogP contribution in [0.5, 0.6) is 0 Å². The molecule has 1 heterocycles. The monoisotopic (exact) mass is 325 g/mol. The molecule has 0 saturated carbocycles. The van der Waals surface area contributed by atoms with Gasteiger partial charge in [0.2, 0.25) is 0 Å². The molecular formula is C16H17Cl2NS. The minimum atomic E-state index is 0.195. The third kappa shape index (κ3) is 2.75. The zero-order valence-corrected chi connectivity index (χ0v) is 13.7. The highest BCUT2D eigenvalue weighted by atomic mass is 35.5. The summed E-state index contributed by atoms with van der Waals surface area (Å²) in [5.74, 6) is 0. The van der Waals surface area contributed by atoms with Crippen LogP contribution in [-0.4, -0.2) is 7.05 Å². The minimum Gasteiger partial charge on any atom is -0.309 e. The van der Waals surface area contributed by atoms with Crippen LogP contribution in [0.4, 0.5) is 0 Å². The van der Waals surface area contributed by atoms with Gasteiger partial charge in [-0.15, -0.1) is 11.3 Å². The topological polar surface area (TPSA) is 12.0 Å². The number of fused-ring (bicyclic) bond motifs is 1. The van der Waals surface area contributed by atoms with Gasteiger partial charge in [0.15, 0.2) is 0 Å². The van der Waals surface area contributed by atoms with Gasteiger partial charge in [-0.25, -0.2) is 0 Å². The Balaban J connectivity index is 1.96. The van der Waals surface area contributed by atoms with Crippen molar-refractivity contribution < 1.29 is 0 Å². The lowest BCUT2D eigenvalue weighted by molar-refractivity contribution is 0.691. The summed E-state index contributed by atoms with van der Waals surface area (Å²) in [6, 6.07) is 8.44. The molecule has 0 spiro atoms. The molecule has 0 amide bonds. The molecule has 106 valence electrons. The highest BCUT2D eigenvalue weighted by Crippen LogP contribution is 2.36. The molecule has 0 bridgehead atoms. The van der Waals surface area contributed by atoms with Gasteiger partial charge in [-0.3, -0.25) is 0 Å². The van der Waals surface area contributed by atoms with E-state index in [1.807, 2.05) is 36.6 Å². The molecular weight excluding hydrogens is 309 g/mol. The van der Waals surface area contributed by atoms with E-state index in [1.54, 1.807) is 4.88 Å². The summed E-state index contributed by atoms with van der Waals surface area (Å²) in [5, 5.41) is 4.62. The third-order valence-electron chi connectivity index (χ3n) is 3.87. The Labute approximate surface area is 133 Å². The molecule has 0 fully saturated rings. The molecule has 1 aliphatic rings. The van der Waals surface area contributed by atoms with E-state index in [0.29, 0.717) is 10.0 Å². The zero-order valence-electron chi connectivity index (χ0n) is 11.4. The van der Waals surface area contributed by atoms with Gasteiger partial charge in [-0.05, 0) is 62.1 Å². The smallest absolute Gasteiger partial charge is 0.0669 e. The quantitative estimate of drug-likeness (QED) is 0.813. The minimum absolute atomic E-state index is 0.195. The summed E-state index contributed by atoms with van der Waals surface area (Å²) in [6.45, 7) is 0. The Morgan fingerprint density at radius 3 is 2.60 bits per heavy atom. The summed E-state index contributed by atoms with van der Waals surface area (Å²) >= 11 is 14.1. The molecule has 1 aromatic heterocycles. The molecule has 3 rings (SSSR count). The van der Waals surface area contributed by atoms with Crippen molar-refractivity contribution >= 4 is 34.5 Å². The fourth-order valence-electron chi connectivity index (χ4n) is 2.82. The van der Waals surface area contributed by atoms with Crippen LogP contribution < -0.4 is 5.32 Å². The van der Waals surface area contributed by atoms with E-state index in [2.05, 4.69) is 11.4 Å². The number of nitrogens with one attached hydrogen (secondary N) is 1. The number of halogens is 2. The van der Waals surface area contributed by atoms with Crippen molar-refractivity contribution in [2.24, 2.45) is 0 Å². The highest BCUT2D eigenvalue weighted by molar-refractivity contribution is 7.12. The van der Waals surface area contributed by atoms with E-state index in [0.717, 1.165) is 0 Å². The summed E-state index contributed by atoms with van der Waals surface area (Å²) in [6.07, 6.45) is 5.10.